The van der Waals surface area contributed by atoms with E-state index in [0.717, 1.165) is 28.9 Å². The summed E-state index contributed by atoms with van der Waals surface area (Å²) in [6, 6.07) is 23.4. The van der Waals surface area contributed by atoms with Gasteiger partial charge in [-0.1, -0.05) is 71.2 Å². The maximum absolute atomic E-state index is 6.40. The smallest absolute Gasteiger partial charge is 0.0831 e. The van der Waals surface area contributed by atoms with Gasteiger partial charge >= 0.3 is 0 Å². The minimum atomic E-state index is 0.0528. The van der Waals surface area contributed by atoms with Crippen molar-refractivity contribution < 1.29 is 0 Å². The molecule has 0 fully saturated rings. The predicted octanol–water partition coefficient (Wildman–Crippen LogP) is 7.00. The molecule has 1 aliphatic heterocycles. The van der Waals surface area contributed by atoms with Crippen molar-refractivity contribution >= 4 is 46.2 Å². The lowest BCUT2D eigenvalue weighted by Gasteiger charge is -2.24. The molecule has 0 aromatic heterocycles. The van der Waals surface area contributed by atoms with Gasteiger partial charge in [0.15, 0.2) is 0 Å². The average Bonchev–Trinajstić information content (AvgIpc) is 3.08. The van der Waals surface area contributed by atoms with Crippen molar-refractivity contribution in [1.82, 2.24) is 0 Å². The Labute approximate surface area is 167 Å². The fraction of sp³-hybridized carbons (Fsp3) is 0.0952. The van der Waals surface area contributed by atoms with E-state index >= 15 is 0 Å². The van der Waals surface area contributed by atoms with Crippen LogP contribution in [0.5, 0.6) is 0 Å². The molecule has 0 aliphatic carbocycles. The topological polar surface area (TPSA) is 15.6 Å². The number of rotatable bonds is 3. The summed E-state index contributed by atoms with van der Waals surface area (Å²) in [6.07, 6.45) is 0.748. The fourth-order valence-electron chi connectivity index (χ4n) is 3.17. The Bertz CT molecular complexity index is 967. The van der Waals surface area contributed by atoms with Crippen LogP contribution in [-0.4, -0.2) is 5.71 Å². The normalized spacial score (nSPS) is 16.7. The minimum Gasteiger partial charge on any atom is -0.257 e. The number of hydrogen-bond acceptors (Lipinski definition) is 2. The van der Waals surface area contributed by atoms with Crippen LogP contribution in [0.1, 0.15) is 23.6 Å². The summed E-state index contributed by atoms with van der Waals surface area (Å²) in [5.74, 6) is 0. The van der Waals surface area contributed by atoms with Crippen molar-refractivity contribution in [2.75, 3.05) is 5.01 Å². The third-order valence-electron chi connectivity index (χ3n) is 4.42. The summed E-state index contributed by atoms with van der Waals surface area (Å²) in [6.45, 7) is 0. The highest BCUT2D eigenvalue weighted by atomic mass is 35.5. The van der Waals surface area contributed by atoms with Crippen molar-refractivity contribution in [3.05, 3.63) is 99.0 Å². The molecule has 26 heavy (non-hydrogen) atoms. The zero-order chi connectivity index (χ0) is 18.1. The maximum atomic E-state index is 6.40. The average molecular weight is 402 g/mol. The Balaban J connectivity index is 1.78. The molecule has 0 N–H and O–H groups in total. The standard InChI is InChI=1S/C21H15Cl3N2/c22-15-10-8-14(9-11-15)21-13-20(18-6-1-2-7-19(18)24)25-26(21)17-5-3-4-16(23)12-17/h1-12,21H,13H2. The quantitative estimate of drug-likeness (QED) is 0.461. The van der Waals surface area contributed by atoms with Gasteiger partial charge in [0.25, 0.3) is 0 Å². The van der Waals surface area contributed by atoms with Gasteiger partial charge in [0.05, 0.1) is 17.4 Å². The first-order valence-corrected chi connectivity index (χ1v) is 9.38. The van der Waals surface area contributed by atoms with Gasteiger partial charge in [0, 0.05) is 27.1 Å². The van der Waals surface area contributed by atoms with Crippen molar-refractivity contribution in [2.45, 2.75) is 12.5 Å². The highest BCUT2D eigenvalue weighted by Gasteiger charge is 2.30. The van der Waals surface area contributed by atoms with Crippen LogP contribution in [-0.2, 0) is 0 Å². The molecule has 1 heterocycles. The zero-order valence-corrected chi connectivity index (χ0v) is 16.0. The SMILES string of the molecule is Clc1ccc(C2CC(c3ccccc3Cl)=NN2c2cccc(Cl)c2)cc1. The molecule has 1 aliphatic rings. The molecule has 4 rings (SSSR count). The highest BCUT2D eigenvalue weighted by Crippen LogP contribution is 2.38. The Kier molecular flexibility index (Phi) is 4.90. The highest BCUT2D eigenvalue weighted by molar-refractivity contribution is 6.34. The number of hydrogen-bond donors (Lipinski definition) is 0. The molecule has 0 amide bonds. The molecule has 3 aromatic carbocycles. The fourth-order valence-corrected chi connectivity index (χ4v) is 3.72. The molecule has 5 heteroatoms. The van der Waals surface area contributed by atoms with Crippen LogP contribution in [0.25, 0.3) is 0 Å². The maximum Gasteiger partial charge on any atom is 0.0831 e. The monoisotopic (exact) mass is 400 g/mol. The summed E-state index contributed by atoms with van der Waals surface area (Å²) < 4.78 is 0. The molecular weight excluding hydrogens is 387 g/mol. The van der Waals surface area contributed by atoms with Gasteiger partial charge in [-0.25, -0.2) is 0 Å². The van der Waals surface area contributed by atoms with Gasteiger partial charge in [-0.2, -0.15) is 5.10 Å². The van der Waals surface area contributed by atoms with Crippen LogP contribution in [0.4, 0.5) is 5.69 Å². The lowest BCUT2D eigenvalue weighted by molar-refractivity contribution is 0.709. The predicted molar refractivity (Wildman–Crippen MR) is 111 cm³/mol. The molecule has 130 valence electrons. The van der Waals surface area contributed by atoms with Gasteiger partial charge < -0.3 is 0 Å². The summed E-state index contributed by atoms with van der Waals surface area (Å²) in [7, 11) is 0. The Morgan fingerprint density at radius 3 is 2.31 bits per heavy atom. The molecule has 1 atom stereocenters. The van der Waals surface area contributed by atoms with E-state index in [0.29, 0.717) is 15.1 Å². The van der Waals surface area contributed by atoms with E-state index in [2.05, 4.69) is 0 Å². The van der Waals surface area contributed by atoms with Crippen molar-refractivity contribution in [1.29, 1.82) is 0 Å². The largest absolute Gasteiger partial charge is 0.257 e. The molecule has 2 nitrogen and oxygen atoms in total. The third-order valence-corrected chi connectivity index (χ3v) is 5.24. The summed E-state index contributed by atoms with van der Waals surface area (Å²) in [5.41, 5.74) is 3.99. The second kappa shape index (κ2) is 7.32. The first-order valence-electron chi connectivity index (χ1n) is 8.24. The number of anilines is 1. The van der Waals surface area contributed by atoms with Crippen LogP contribution in [0, 0.1) is 0 Å². The van der Waals surface area contributed by atoms with Gasteiger partial charge in [-0.05, 0) is 42.0 Å². The Hall–Kier alpha value is -2.00. The van der Waals surface area contributed by atoms with E-state index in [1.807, 2.05) is 77.8 Å². The molecule has 0 radical (unpaired) electrons. The molecule has 0 bridgehead atoms. The van der Waals surface area contributed by atoms with Crippen LogP contribution in [0.3, 0.4) is 0 Å². The van der Waals surface area contributed by atoms with E-state index in [1.54, 1.807) is 0 Å². The summed E-state index contributed by atoms with van der Waals surface area (Å²) >= 11 is 18.7. The van der Waals surface area contributed by atoms with Crippen LogP contribution in [0.15, 0.2) is 77.9 Å². The van der Waals surface area contributed by atoms with Crippen LogP contribution >= 0.6 is 34.8 Å². The number of nitrogens with zero attached hydrogens (tertiary/aromatic N) is 2. The molecular formula is C21H15Cl3N2. The van der Waals surface area contributed by atoms with Gasteiger partial charge in [-0.15, -0.1) is 0 Å². The first-order chi connectivity index (χ1) is 12.6. The van der Waals surface area contributed by atoms with Crippen LogP contribution in [0.2, 0.25) is 15.1 Å². The number of hydrazone groups is 1. The zero-order valence-electron chi connectivity index (χ0n) is 13.7. The van der Waals surface area contributed by atoms with Gasteiger partial charge in [0.1, 0.15) is 0 Å². The molecule has 1 unspecified atom stereocenters. The number of halogens is 3. The second-order valence-electron chi connectivity index (χ2n) is 6.12. The van der Waals surface area contributed by atoms with Crippen molar-refractivity contribution in [3.8, 4) is 0 Å². The summed E-state index contributed by atoms with van der Waals surface area (Å²) in [4.78, 5) is 0. The van der Waals surface area contributed by atoms with E-state index in [4.69, 9.17) is 39.9 Å². The van der Waals surface area contributed by atoms with Crippen LogP contribution < -0.4 is 5.01 Å². The molecule has 0 saturated carbocycles. The van der Waals surface area contributed by atoms with E-state index in [1.165, 1.54) is 0 Å². The summed E-state index contributed by atoms with van der Waals surface area (Å²) in [5, 5.41) is 8.99. The lowest BCUT2D eigenvalue weighted by atomic mass is 9.98. The van der Waals surface area contributed by atoms with E-state index < -0.39 is 0 Å². The van der Waals surface area contributed by atoms with Gasteiger partial charge in [-0.3, -0.25) is 5.01 Å². The molecule has 0 spiro atoms. The molecule has 3 aromatic rings. The second-order valence-corrected chi connectivity index (χ2v) is 7.40. The first kappa shape index (κ1) is 17.4. The lowest BCUT2D eigenvalue weighted by Crippen LogP contribution is -2.18. The third kappa shape index (κ3) is 3.45. The molecule has 0 saturated heterocycles. The van der Waals surface area contributed by atoms with Crippen molar-refractivity contribution in [2.24, 2.45) is 5.10 Å². The number of benzene rings is 3. The Morgan fingerprint density at radius 2 is 1.58 bits per heavy atom. The Morgan fingerprint density at radius 1 is 0.808 bits per heavy atom. The van der Waals surface area contributed by atoms with E-state index in [9.17, 15) is 0 Å². The van der Waals surface area contributed by atoms with Gasteiger partial charge in [0.2, 0.25) is 0 Å². The van der Waals surface area contributed by atoms with Crippen molar-refractivity contribution in [3.63, 3.8) is 0 Å². The van der Waals surface area contributed by atoms with E-state index in [-0.39, 0.29) is 6.04 Å². The minimum absolute atomic E-state index is 0.0528.